The Morgan fingerprint density at radius 1 is 0.273 bits per heavy atom. The van der Waals surface area contributed by atoms with Gasteiger partial charge in [0.2, 0.25) is 0 Å². The summed E-state index contributed by atoms with van der Waals surface area (Å²) in [6.45, 7) is 4.02. The van der Waals surface area contributed by atoms with Crippen molar-refractivity contribution in [2.45, 2.75) is 341 Å². The van der Waals surface area contributed by atoms with E-state index in [9.17, 15) is 14.7 Å². The van der Waals surface area contributed by atoms with Crippen LogP contribution in [-0.4, -0.2) is 36.4 Å². The molecule has 0 aromatic heterocycles. The van der Waals surface area contributed by atoms with Crippen molar-refractivity contribution in [1.82, 2.24) is 0 Å². The van der Waals surface area contributed by atoms with E-state index in [4.69, 9.17) is 9.47 Å². The summed E-state index contributed by atoms with van der Waals surface area (Å²) in [6, 6.07) is 0. The van der Waals surface area contributed by atoms with Crippen molar-refractivity contribution in [3.8, 4) is 0 Å². The highest BCUT2D eigenvalue weighted by Crippen LogP contribution is 2.17. The minimum absolute atomic E-state index is 0.0779. The Bertz CT molecular complexity index is 1860. The van der Waals surface area contributed by atoms with E-state index in [0.29, 0.717) is 12.8 Å². The van der Waals surface area contributed by atoms with Crippen LogP contribution < -0.4 is 0 Å². The van der Waals surface area contributed by atoms with E-state index in [-0.39, 0.29) is 25.2 Å². The summed E-state index contributed by atoms with van der Waals surface area (Å²) < 4.78 is 10.8. The van der Waals surface area contributed by atoms with Gasteiger partial charge in [0.15, 0.2) is 6.10 Å². The molecular weight excluding hydrogens is 1080 g/mol. The molecule has 0 saturated carbocycles. The number of hydrogen-bond donors (Lipinski definition) is 1. The van der Waals surface area contributed by atoms with E-state index < -0.39 is 6.10 Å². The van der Waals surface area contributed by atoms with Crippen LogP contribution in [0, 0.1) is 0 Å². The Balaban J connectivity index is 3.53. The van der Waals surface area contributed by atoms with Gasteiger partial charge in [0.25, 0.3) is 0 Å². The SMILES string of the molecule is CC/C=C\C/C=C\C/C=C\C/C=C\C/C=C\C/C=C\C/C=C\C/C=C\C/C=C\C/C=C\CCCCCCCCC(=O)OC(CO)COC(=O)CCCCCCCCCCCCCCCCCCCCCCCC/C=C\C/C=C\C/C=C\CCCCCCC. The Morgan fingerprint density at radius 2 is 0.489 bits per heavy atom. The summed E-state index contributed by atoms with van der Waals surface area (Å²) in [4.78, 5) is 24.7. The number of aliphatic hydroxyl groups is 1. The van der Waals surface area contributed by atoms with Crippen LogP contribution in [-0.2, 0) is 19.1 Å². The molecule has 0 aliphatic rings. The summed E-state index contributed by atoms with van der Waals surface area (Å²) >= 11 is 0. The van der Waals surface area contributed by atoms with E-state index in [0.717, 1.165) is 122 Å². The van der Waals surface area contributed by atoms with E-state index in [1.54, 1.807) is 0 Å². The normalized spacial score (nSPS) is 13.2. The highest BCUT2D eigenvalue weighted by atomic mass is 16.6. The van der Waals surface area contributed by atoms with Crippen molar-refractivity contribution in [1.29, 1.82) is 0 Å². The Morgan fingerprint density at radius 3 is 0.739 bits per heavy atom. The van der Waals surface area contributed by atoms with Crippen molar-refractivity contribution in [2.75, 3.05) is 13.2 Å². The number of rotatable bonds is 67. The molecule has 0 saturated heterocycles. The molecule has 0 aliphatic carbocycles. The minimum atomic E-state index is -0.792. The molecule has 1 N–H and O–H groups in total. The second-order valence-corrected chi connectivity index (χ2v) is 24.3. The second kappa shape index (κ2) is 76.8. The average molecular weight is 1220 g/mol. The first-order chi connectivity index (χ1) is 43.6. The molecule has 0 amide bonds. The van der Waals surface area contributed by atoms with Crippen molar-refractivity contribution >= 4 is 11.9 Å². The molecule has 88 heavy (non-hydrogen) atoms. The predicted octanol–water partition coefficient (Wildman–Crippen LogP) is 26.2. The number of allylic oxidation sites excluding steroid dienone is 26. The van der Waals surface area contributed by atoms with Gasteiger partial charge >= 0.3 is 11.9 Å². The van der Waals surface area contributed by atoms with Gasteiger partial charge < -0.3 is 14.6 Å². The standard InChI is InChI=1S/C83H138O5/c1-3-5-7-9-11-13-15-17-19-21-23-25-27-29-31-33-35-37-39-41-43-45-47-49-51-53-55-57-59-61-63-65-67-69-71-73-75-77-82(85)87-80-81(79-84)88-83(86)78-76-74-72-70-68-66-64-62-60-58-56-54-52-50-48-46-44-42-40-38-36-34-32-30-28-26-24-22-20-18-16-14-12-10-8-6-4-2/h6,8,12,14-15,17-18,20-21,23-24,26-27,29-30,32,36,38,42,44,48,50,54,56,60,62,81,84H,3-5,7,9-11,13,16,19,22,25,28,31,33-35,37,39-41,43,45-47,49,51-53,55,57-59,61,63-80H2,1-2H3/b8-6-,14-12-,17-15-,20-18-,23-21-,26-24-,29-27-,32-30-,38-36-,44-42-,50-48-,56-54-,62-60-. The lowest BCUT2D eigenvalue weighted by molar-refractivity contribution is -0.161. The van der Waals surface area contributed by atoms with Crippen molar-refractivity contribution in [3.05, 3.63) is 158 Å². The van der Waals surface area contributed by atoms with E-state index in [1.165, 1.54) is 186 Å². The van der Waals surface area contributed by atoms with Gasteiger partial charge in [0, 0.05) is 12.8 Å². The van der Waals surface area contributed by atoms with Crippen LogP contribution in [0.5, 0.6) is 0 Å². The second-order valence-electron chi connectivity index (χ2n) is 24.3. The Kier molecular flexibility index (Phi) is 72.9. The van der Waals surface area contributed by atoms with Crippen LogP contribution in [0.1, 0.15) is 335 Å². The van der Waals surface area contributed by atoms with Gasteiger partial charge in [-0.15, -0.1) is 0 Å². The first-order valence-corrected chi connectivity index (χ1v) is 37.0. The zero-order valence-electron chi connectivity index (χ0n) is 57.4. The molecule has 5 nitrogen and oxygen atoms in total. The monoisotopic (exact) mass is 1220 g/mol. The van der Waals surface area contributed by atoms with Crippen LogP contribution in [0.15, 0.2) is 158 Å². The third-order valence-electron chi connectivity index (χ3n) is 15.8. The number of aliphatic hydroxyl groups excluding tert-OH is 1. The topological polar surface area (TPSA) is 72.8 Å². The Hall–Kier alpha value is -4.48. The molecule has 0 fully saturated rings. The Labute approximate surface area is 545 Å². The van der Waals surface area contributed by atoms with Gasteiger partial charge in [-0.2, -0.15) is 0 Å². The highest BCUT2D eigenvalue weighted by Gasteiger charge is 2.16. The fourth-order valence-corrected chi connectivity index (χ4v) is 10.3. The number of unbranched alkanes of at least 4 members (excludes halogenated alkanes) is 33. The fraction of sp³-hybridized carbons (Fsp3) is 0.663. The lowest BCUT2D eigenvalue weighted by atomic mass is 10.0. The number of esters is 2. The van der Waals surface area contributed by atoms with Crippen molar-refractivity contribution in [3.63, 3.8) is 0 Å². The fourth-order valence-electron chi connectivity index (χ4n) is 10.3. The minimum Gasteiger partial charge on any atom is -0.462 e. The molecule has 0 aromatic carbocycles. The van der Waals surface area contributed by atoms with Gasteiger partial charge in [0.05, 0.1) is 6.61 Å². The first kappa shape index (κ1) is 83.5. The van der Waals surface area contributed by atoms with Gasteiger partial charge in [-0.1, -0.05) is 352 Å². The van der Waals surface area contributed by atoms with E-state index >= 15 is 0 Å². The third-order valence-corrected chi connectivity index (χ3v) is 15.8. The van der Waals surface area contributed by atoms with Crippen molar-refractivity contribution < 1.29 is 24.2 Å². The summed E-state index contributed by atoms with van der Waals surface area (Å²) in [5, 5.41) is 9.71. The molecule has 0 heterocycles. The molecule has 0 spiro atoms. The lowest BCUT2D eigenvalue weighted by Gasteiger charge is -2.15. The van der Waals surface area contributed by atoms with Gasteiger partial charge in [-0.05, 0) is 128 Å². The van der Waals surface area contributed by atoms with Crippen molar-refractivity contribution in [2.24, 2.45) is 0 Å². The zero-order chi connectivity index (χ0) is 63.3. The summed E-state index contributed by atoms with van der Waals surface area (Å²) in [7, 11) is 0. The van der Waals surface area contributed by atoms with Gasteiger partial charge in [0.1, 0.15) is 6.61 Å². The number of hydrogen-bond acceptors (Lipinski definition) is 5. The highest BCUT2D eigenvalue weighted by molar-refractivity contribution is 5.70. The molecule has 0 radical (unpaired) electrons. The van der Waals surface area contributed by atoms with Crippen LogP contribution in [0.25, 0.3) is 0 Å². The molecule has 0 bridgehead atoms. The molecule has 0 aromatic rings. The van der Waals surface area contributed by atoms with E-state index in [1.807, 2.05) is 0 Å². The average Bonchev–Trinajstić information content (AvgIpc) is 3.55. The maximum absolute atomic E-state index is 12.4. The van der Waals surface area contributed by atoms with Crippen LogP contribution >= 0.6 is 0 Å². The van der Waals surface area contributed by atoms with E-state index in [2.05, 4.69) is 172 Å². The predicted molar refractivity (Wildman–Crippen MR) is 389 cm³/mol. The summed E-state index contributed by atoms with van der Waals surface area (Å²) in [5.74, 6) is -0.605. The quantitative estimate of drug-likeness (QED) is 0.0373. The molecule has 1 atom stereocenters. The zero-order valence-corrected chi connectivity index (χ0v) is 57.4. The van der Waals surface area contributed by atoms with Crippen LogP contribution in [0.4, 0.5) is 0 Å². The number of ether oxygens (including phenoxy) is 2. The molecule has 500 valence electrons. The third kappa shape index (κ3) is 74.0. The molecular formula is C83H138O5. The van der Waals surface area contributed by atoms with Crippen LogP contribution in [0.3, 0.4) is 0 Å². The summed E-state index contributed by atoms with van der Waals surface area (Å²) in [6.07, 6.45) is 117. The summed E-state index contributed by atoms with van der Waals surface area (Å²) in [5.41, 5.74) is 0. The van der Waals surface area contributed by atoms with Crippen LogP contribution in [0.2, 0.25) is 0 Å². The first-order valence-electron chi connectivity index (χ1n) is 37.0. The maximum atomic E-state index is 12.4. The smallest absolute Gasteiger partial charge is 0.306 e. The lowest BCUT2D eigenvalue weighted by Crippen LogP contribution is -2.28. The largest absolute Gasteiger partial charge is 0.462 e. The number of carbonyl (C=O) groups excluding carboxylic acids is 2. The molecule has 1 unspecified atom stereocenters. The maximum Gasteiger partial charge on any atom is 0.306 e. The number of carbonyl (C=O) groups is 2. The van der Waals surface area contributed by atoms with Gasteiger partial charge in [-0.25, -0.2) is 0 Å². The molecule has 0 aliphatic heterocycles. The molecule has 0 rings (SSSR count). The molecule has 5 heteroatoms. The van der Waals surface area contributed by atoms with Gasteiger partial charge in [-0.3, -0.25) is 9.59 Å².